The molecule has 0 radical (unpaired) electrons. The molecule has 1 aliphatic rings. The van der Waals surface area contributed by atoms with Crippen LogP contribution in [0.15, 0.2) is 40.9 Å². The maximum absolute atomic E-state index is 6.24. The second kappa shape index (κ2) is 10.8. The Kier molecular flexibility index (Phi) is 9.05. The highest BCUT2D eigenvalue weighted by Gasteiger charge is 2.14. The number of benzene rings is 2. The second-order valence-corrected chi connectivity index (χ2v) is 8.25. The molecule has 0 heterocycles. The Hall–Kier alpha value is -0.450. The fraction of sp³-hybridized carbons (Fsp3) is 0.400. The summed E-state index contributed by atoms with van der Waals surface area (Å²) in [6, 6.07) is 12.2. The minimum absolute atomic E-state index is 0. The van der Waals surface area contributed by atoms with Crippen LogP contribution in [-0.2, 0) is 13.2 Å². The molecule has 2 aromatic rings. The van der Waals surface area contributed by atoms with E-state index >= 15 is 0 Å². The molecule has 3 rings (SSSR count). The van der Waals surface area contributed by atoms with Crippen LogP contribution in [0.3, 0.4) is 0 Å². The Bertz CT molecular complexity index is 720. The summed E-state index contributed by atoms with van der Waals surface area (Å²) in [4.78, 5) is 0. The van der Waals surface area contributed by atoms with Crippen molar-refractivity contribution in [1.29, 1.82) is 0 Å². The van der Waals surface area contributed by atoms with E-state index in [1.54, 1.807) is 6.07 Å². The molecule has 2 nitrogen and oxygen atoms in total. The van der Waals surface area contributed by atoms with Gasteiger partial charge in [-0.1, -0.05) is 64.5 Å². The zero-order valence-corrected chi connectivity index (χ0v) is 18.4. The van der Waals surface area contributed by atoms with Crippen molar-refractivity contribution in [3.63, 3.8) is 0 Å². The lowest BCUT2D eigenvalue weighted by Gasteiger charge is -2.23. The van der Waals surface area contributed by atoms with Gasteiger partial charge in [-0.2, -0.15) is 0 Å². The van der Waals surface area contributed by atoms with Crippen molar-refractivity contribution in [3.05, 3.63) is 62.0 Å². The van der Waals surface area contributed by atoms with Gasteiger partial charge in [0.25, 0.3) is 0 Å². The lowest BCUT2D eigenvalue weighted by molar-refractivity contribution is 0.300. The number of hydrogen-bond donors (Lipinski definition) is 1. The second-order valence-electron chi connectivity index (χ2n) is 6.49. The predicted octanol–water partition coefficient (Wildman–Crippen LogP) is 7.18. The molecule has 0 spiro atoms. The normalized spacial score (nSPS) is 14.7. The molecule has 26 heavy (non-hydrogen) atoms. The molecule has 142 valence electrons. The summed E-state index contributed by atoms with van der Waals surface area (Å²) < 4.78 is 7.11. The van der Waals surface area contributed by atoms with Crippen LogP contribution in [0.4, 0.5) is 0 Å². The maximum Gasteiger partial charge on any atom is 0.124 e. The summed E-state index contributed by atoms with van der Waals surface area (Å²) in [7, 11) is 0. The molecular formula is C20H23BrCl3NO. The minimum Gasteiger partial charge on any atom is -0.489 e. The Balaban J connectivity index is 0.00000243. The molecule has 2 aromatic carbocycles. The van der Waals surface area contributed by atoms with Crippen LogP contribution < -0.4 is 10.1 Å². The summed E-state index contributed by atoms with van der Waals surface area (Å²) >= 11 is 15.8. The van der Waals surface area contributed by atoms with E-state index < -0.39 is 0 Å². The zero-order chi connectivity index (χ0) is 17.6. The van der Waals surface area contributed by atoms with Crippen LogP contribution >= 0.6 is 51.5 Å². The summed E-state index contributed by atoms with van der Waals surface area (Å²) in [6.45, 7) is 1.24. The van der Waals surface area contributed by atoms with Crippen LogP contribution in [0.25, 0.3) is 0 Å². The Morgan fingerprint density at radius 2 is 1.77 bits per heavy atom. The third-order valence-corrected chi connectivity index (χ3v) is 5.69. The molecular weight excluding hydrogens is 456 g/mol. The highest BCUT2D eigenvalue weighted by Crippen LogP contribution is 2.27. The molecule has 0 bridgehead atoms. The van der Waals surface area contributed by atoms with Gasteiger partial charge in [0.05, 0.1) is 0 Å². The number of rotatable bonds is 6. The first kappa shape index (κ1) is 21.8. The fourth-order valence-corrected chi connectivity index (χ4v) is 4.05. The van der Waals surface area contributed by atoms with Crippen LogP contribution in [0, 0.1) is 0 Å². The van der Waals surface area contributed by atoms with E-state index in [9.17, 15) is 0 Å². The Labute approximate surface area is 180 Å². The molecule has 0 saturated heterocycles. The van der Waals surface area contributed by atoms with Crippen molar-refractivity contribution < 1.29 is 4.74 Å². The summed E-state index contributed by atoms with van der Waals surface area (Å²) in [5.74, 6) is 0.887. The molecule has 0 unspecified atom stereocenters. The number of nitrogens with one attached hydrogen (secondary N) is 1. The number of ether oxygens (including phenoxy) is 1. The van der Waals surface area contributed by atoms with Gasteiger partial charge in [0.1, 0.15) is 12.4 Å². The molecule has 1 aliphatic carbocycles. The van der Waals surface area contributed by atoms with Crippen molar-refractivity contribution in [3.8, 4) is 5.75 Å². The Morgan fingerprint density at radius 1 is 1.00 bits per heavy atom. The smallest absolute Gasteiger partial charge is 0.124 e. The van der Waals surface area contributed by atoms with Gasteiger partial charge < -0.3 is 10.1 Å². The van der Waals surface area contributed by atoms with Gasteiger partial charge in [-0.05, 0) is 43.2 Å². The number of halogens is 4. The molecule has 1 fully saturated rings. The predicted molar refractivity (Wildman–Crippen MR) is 116 cm³/mol. The third-order valence-electron chi connectivity index (χ3n) is 4.61. The van der Waals surface area contributed by atoms with E-state index in [1.165, 1.54) is 32.1 Å². The highest BCUT2D eigenvalue weighted by atomic mass is 79.9. The van der Waals surface area contributed by atoms with E-state index in [4.69, 9.17) is 27.9 Å². The topological polar surface area (TPSA) is 21.3 Å². The van der Waals surface area contributed by atoms with Gasteiger partial charge in [-0.15, -0.1) is 12.4 Å². The van der Waals surface area contributed by atoms with Gasteiger partial charge in [0.15, 0.2) is 0 Å². The first-order valence-electron chi connectivity index (χ1n) is 8.70. The van der Waals surface area contributed by atoms with Gasteiger partial charge in [0.2, 0.25) is 0 Å². The lowest BCUT2D eigenvalue weighted by Crippen LogP contribution is -2.30. The van der Waals surface area contributed by atoms with Gasteiger partial charge >= 0.3 is 0 Å². The third kappa shape index (κ3) is 6.31. The van der Waals surface area contributed by atoms with E-state index in [2.05, 4.69) is 27.3 Å². The first-order valence-corrected chi connectivity index (χ1v) is 10.3. The van der Waals surface area contributed by atoms with Gasteiger partial charge in [-0.25, -0.2) is 0 Å². The van der Waals surface area contributed by atoms with Crippen LogP contribution in [-0.4, -0.2) is 6.04 Å². The molecule has 0 aliphatic heterocycles. The quantitative estimate of drug-likeness (QED) is 0.474. The average molecular weight is 480 g/mol. The summed E-state index contributed by atoms with van der Waals surface area (Å²) in [5.41, 5.74) is 2.09. The van der Waals surface area contributed by atoms with Crippen LogP contribution in [0.2, 0.25) is 10.0 Å². The van der Waals surface area contributed by atoms with Gasteiger partial charge in [-0.3, -0.25) is 0 Å². The van der Waals surface area contributed by atoms with Crippen molar-refractivity contribution in [2.45, 2.75) is 51.3 Å². The average Bonchev–Trinajstić information content (AvgIpc) is 2.61. The van der Waals surface area contributed by atoms with Crippen molar-refractivity contribution in [2.75, 3.05) is 0 Å². The largest absolute Gasteiger partial charge is 0.489 e. The van der Waals surface area contributed by atoms with Gasteiger partial charge in [0, 0.05) is 38.2 Å². The first-order chi connectivity index (χ1) is 12.1. The van der Waals surface area contributed by atoms with Crippen molar-refractivity contribution in [2.24, 2.45) is 0 Å². The molecule has 0 aromatic heterocycles. The monoisotopic (exact) mass is 477 g/mol. The number of hydrogen-bond acceptors (Lipinski definition) is 2. The van der Waals surface area contributed by atoms with Crippen LogP contribution in [0.1, 0.15) is 43.2 Å². The van der Waals surface area contributed by atoms with E-state index in [-0.39, 0.29) is 12.4 Å². The Morgan fingerprint density at radius 3 is 2.50 bits per heavy atom. The molecule has 1 N–H and O–H groups in total. The minimum atomic E-state index is 0. The van der Waals surface area contributed by atoms with Crippen LogP contribution in [0.5, 0.6) is 5.75 Å². The van der Waals surface area contributed by atoms with Crippen molar-refractivity contribution in [1.82, 2.24) is 5.32 Å². The highest BCUT2D eigenvalue weighted by molar-refractivity contribution is 9.10. The molecule has 1 saturated carbocycles. The SMILES string of the molecule is Cl.Clc1ccc(COc2ccc(Br)cc2CNC2CCCCC2)c(Cl)c1. The summed E-state index contributed by atoms with van der Waals surface area (Å²) in [5, 5.41) is 4.94. The van der Waals surface area contributed by atoms with E-state index in [0.717, 1.165) is 27.9 Å². The summed E-state index contributed by atoms with van der Waals surface area (Å²) in [6.07, 6.45) is 6.56. The van der Waals surface area contributed by atoms with E-state index in [1.807, 2.05) is 24.3 Å². The van der Waals surface area contributed by atoms with Crippen molar-refractivity contribution >= 4 is 51.5 Å². The standard InChI is InChI=1S/C20H22BrCl2NO.ClH/c21-16-7-9-20(25-13-14-6-8-17(22)11-19(14)23)15(10-16)12-24-18-4-2-1-3-5-18;/h6-11,18,24H,1-5,12-13H2;1H. The molecule has 6 heteroatoms. The lowest BCUT2D eigenvalue weighted by atomic mass is 9.95. The maximum atomic E-state index is 6.24. The molecule has 0 atom stereocenters. The molecule has 0 amide bonds. The van der Waals surface area contributed by atoms with E-state index in [0.29, 0.717) is 22.7 Å². The zero-order valence-electron chi connectivity index (χ0n) is 14.4. The fourth-order valence-electron chi connectivity index (χ4n) is 3.18.